The molecule has 1 heterocycles. The predicted molar refractivity (Wildman–Crippen MR) is 90.0 cm³/mol. The Bertz CT molecular complexity index is 774. The van der Waals surface area contributed by atoms with Crippen LogP contribution in [-0.4, -0.2) is 12.8 Å². The van der Waals surface area contributed by atoms with Gasteiger partial charge >= 0.3 is 0 Å². The lowest BCUT2D eigenvalue weighted by molar-refractivity contribution is 1.14. The third kappa shape index (κ3) is 3.19. The molecule has 0 aliphatic heterocycles. The molecule has 3 rings (SSSR count). The largest absolute Gasteiger partial charge is 0.380 e. The van der Waals surface area contributed by atoms with Crippen molar-refractivity contribution >= 4 is 36.0 Å². The second kappa shape index (κ2) is 6.19. The molecule has 0 aliphatic carbocycles. The normalized spacial score (nSPS) is 10.7. The first kappa shape index (κ1) is 14.0. The quantitative estimate of drug-likeness (QED) is 0.730. The highest BCUT2D eigenvalue weighted by Crippen LogP contribution is 2.24. The van der Waals surface area contributed by atoms with Crippen LogP contribution in [0.1, 0.15) is 11.1 Å². The number of rotatable bonds is 4. The van der Waals surface area contributed by atoms with Crippen LogP contribution in [-0.2, 0) is 12.9 Å². The molecule has 0 unspecified atom stereocenters. The molecule has 2 aromatic carbocycles. The molecular formula is C17H14BClN2. The van der Waals surface area contributed by atoms with Gasteiger partial charge in [-0.1, -0.05) is 47.8 Å². The van der Waals surface area contributed by atoms with Crippen molar-refractivity contribution in [1.82, 2.24) is 4.98 Å². The van der Waals surface area contributed by atoms with Gasteiger partial charge in [0, 0.05) is 28.8 Å². The summed E-state index contributed by atoms with van der Waals surface area (Å²) in [6.45, 7) is 0.746. The summed E-state index contributed by atoms with van der Waals surface area (Å²) in [5, 5.41) is 5.21. The fraction of sp³-hybridized carbons (Fsp3) is 0.118. The Morgan fingerprint density at radius 2 is 1.90 bits per heavy atom. The lowest BCUT2D eigenvalue weighted by atomic mass is 9.96. The molecule has 0 amide bonds. The summed E-state index contributed by atoms with van der Waals surface area (Å²) < 4.78 is 0. The van der Waals surface area contributed by atoms with E-state index in [2.05, 4.69) is 22.4 Å². The van der Waals surface area contributed by atoms with Gasteiger partial charge in [0.1, 0.15) is 0 Å². The zero-order valence-electron chi connectivity index (χ0n) is 11.5. The Morgan fingerprint density at radius 3 is 2.76 bits per heavy atom. The number of nitrogens with one attached hydrogen (secondary N) is 1. The lowest BCUT2D eigenvalue weighted by Gasteiger charge is -2.10. The Labute approximate surface area is 130 Å². The average molecular weight is 293 g/mol. The van der Waals surface area contributed by atoms with E-state index < -0.39 is 0 Å². The minimum atomic E-state index is 0.560. The van der Waals surface area contributed by atoms with Crippen molar-refractivity contribution < 1.29 is 0 Å². The van der Waals surface area contributed by atoms with Crippen molar-refractivity contribution in [3.8, 4) is 0 Å². The highest BCUT2D eigenvalue weighted by Gasteiger charge is 2.03. The van der Waals surface area contributed by atoms with Crippen LogP contribution in [0.3, 0.4) is 0 Å². The van der Waals surface area contributed by atoms with E-state index in [9.17, 15) is 0 Å². The molecule has 0 saturated carbocycles. The monoisotopic (exact) mass is 292 g/mol. The molecule has 0 fully saturated rings. The first-order chi connectivity index (χ1) is 10.3. The second-order valence-electron chi connectivity index (χ2n) is 4.90. The number of halogens is 1. The van der Waals surface area contributed by atoms with Crippen LogP contribution in [0.4, 0.5) is 5.69 Å². The van der Waals surface area contributed by atoms with E-state index in [1.165, 1.54) is 5.56 Å². The van der Waals surface area contributed by atoms with E-state index in [0.717, 1.165) is 28.7 Å². The Balaban J connectivity index is 1.84. The van der Waals surface area contributed by atoms with Gasteiger partial charge in [-0.25, -0.2) is 0 Å². The van der Waals surface area contributed by atoms with Gasteiger partial charge in [0.15, 0.2) is 0 Å². The van der Waals surface area contributed by atoms with Crippen LogP contribution in [0.15, 0.2) is 54.7 Å². The van der Waals surface area contributed by atoms with Gasteiger partial charge in [-0.15, -0.1) is 0 Å². The van der Waals surface area contributed by atoms with Crippen molar-refractivity contribution in [1.29, 1.82) is 0 Å². The van der Waals surface area contributed by atoms with Crippen molar-refractivity contribution in [2.24, 2.45) is 0 Å². The van der Waals surface area contributed by atoms with Gasteiger partial charge in [0.25, 0.3) is 0 Å². The fourth-order valence-electron chi connectivity index (χ4n) is 2.34. The third-order valence-corrected chi connectivity index (χ3v) is 3.65. The van der Waals surface area contributed by atoms with E-state index in [0.29, 0.717) is 11.3 Å². The molecule has 2 radical (unpaired) electrons. The summed E-state index contributed by atoms with van der Waals surface area (Å²) in [7, 11) is 5.67. The van der Waals surface area contributed by atoms with Crippen molar-refractivity contribution in [2.75, 3.05) is 5.32 Å². The van der Waals surface area contributed by atoms with E-state index in [-0.39, 0.29) is 0 Å². The van der Waals surface area contributed by atoms with Crippen LogP contribution in [0.2, 0.25) is 5.02 Å². The molecule has 3 aromatic rings. The minimum absolute atomic E-state index is 0.560. The highest BCUT2D eigenvalue weighted by molar-refractivity contribution is 6.31. The molecule has 0 aliphatic rings. The van der Waals surface area contributed by atoms with E-state index >= 15 is 0 Å². The van der Waals surface area contributed by atoms with Crippen molar-refractivity contribution in [3.63, 3.8) is 0 Å². The number of hydrogen-bond acceptors (Lipinski definition) is 2. The van der Waals surface area contributed by atoms with Gasteiger partial charge in [0.2, 0.25) is 0 Å². The summed E-state index contributed by atoms with van der Waals surface area (Å²) in [6, 6.07) is 16.0. The fourth-order valence-corrected chi connectivity index (χ4v) is 2.51. The van der Waals surface area contributed by atoms with Gasteiger partial charge in [-0.2, -0.15) is 0 Å². The Kier molecular flexibility index (Phi) is 4.12. The molecule has 0 atom stereocenters. The number of hydrogen-bond donors (Lipinski definition) is 1. The zero-order valence-corrected chi connectivity index (χ0v) is 12.3. The van der Waals surface area contributed by atoms with Gasteiger partial charge in [-0.05, 0) is 29.8 Å². The molecule has 0 bridgehead atoms. The zero-order chi connectivity index (χ0) is 14.7. The minimum Gasteiger partial charge on any atom is -0.380 e. The summed E-state index contributed by atoms with van der Waals surface area (Å²) >= 11 is 6.01. The first-order valence-electron chi connectivity index (χ1n) is 6.82. The van der Waals surface area contributed by atoms with Crippen LogP contribution in [0.5, 0.6) is 0 Å². The van der Waals surface area contributed by atoms with Crippen molar-refractivity contribution in [3.05, 3.63) is 70.9 Å². The van der Waals surface area contributed by atoms with Gasteiger partial charge in [0.05, 0.1) is 13.4 Å². The Morgan fingerprint density at radius 1 is 1.05 bits per heavy atom. The maximum atomic E-state index is 6.01. The molecule has 0 spiro atoms. The molecule has 102 valence electrons. The second-order valence-corrected chi connectivity index (χ2v) is 5.33. The topological polar surface area (TPSA) is 24.9 Å². The number of pyridine rings is 1. The number of benzene rings is 2. The number of anilines is 1. The summed E-state index contributed by atoms with van der Waals surface area (Å²) in [4.78, 5) is 4.34. The van der Waals surface area contributed by atoms with E-state index in [1.54, 1.807) is 6.20 Å². The smallest absolute Gasteiger partial charge is 0.0737 e. The highest BCUT2D eigenvalue weighted by atomic mass is 35.5. The molecule has 21 heavy (non-hydrogen) atoms. The van der Waals surface area contributed by atoms with Crippen LogP contribution in [0.25, 0.3) is 10.9 Å². The van der Waals surface area contributed by atoms with Crippen molar-refractivity contribution in [2.45, 2.75) is 12.9 Å². The average Bonchev–Trinajstić information content (AvgIpc) is 2.52. The number of nitrogens with zero attached hydrogens (tertiary/aromatic N) is 1. The van der Waals surface area contributed by atoms with E-state index in [4.69, 9.17) is 19.4 Å². The molecule has 1 aromatic heterocycles. The standard InChI is InChI=1S/C17H14BClN2/c18-10-12-2-1-3-13(8-12)11-21-16-6-7-20-17-9-14(19)4-5-15(16)17/h1-9H,10-11H2,(H,20,21). The first-order valence-corrected chi connectivity index (χ1v) is 7.20. The third-order valence-electron chi connectivity index (χ3n) is 3.41. The molecule has 4 heteroatoms. The van der Waals surface area contributed by atoms with Gasteiger partial charge in [-0.3, -0.25) is 4.98 Å². The van der Waals surface area contributed by atoms with Crippen LogP contribution >= 0.6 is 11.6 Å². The number of fused-ring (bicyclic) bond motifs is 1. The summed E-state index contributed by atoms with van der Waals surface area (Å²) in [6.07, 6.45) is 2.35. The summed E-state index contributed by atoms with van der Waals surface area (Å²) in [5.74, 6) is 0. The maximum absolute atomic E-state index is 6.01. The SMILES string of the molecule is [B]Cc1cccc(CNc2ccnc3cc(Cl)ccc23)c1. The number of aromatic nitrogens is 1. The van der Waals surface area contributed by atoms with Crippen LogP contribution in [0, 0.1) is 0 Å². The predicted octanol–water partition coefficient (Wildman–Crippen LogP) is 4.17. The van der Waals surface area contributed by atoms with Crippen LogP contribution < -0.4 is 5.32 Å². The molecule has 1 N–H and O–H groups in total. The molecule has 2 nitrogen and oxygen atoms in total. The Hall–Kier alpha value is -2.00. The molecule has 0 saturated heterocycles. The van der Waals surface area contributed by atoms with E-state index in [1.807, 2.05) is 36.4 Å². The lowest BCUT2D eigenvalue weighted by Crippen LogP contribution is -2.01. The summed E-state index contributed by atoms with van der Waals surface area (Å²) in [5.41, 5.74) is 4.29. The van der Waals surface area contributed by atoms with Gasteiger partial charge < -0.3 is 5.32 Å². The molecular weight excluding hydrogens is 278 g/mol. The maximum Gasteiger partial charge on any atom is 0.0737 e.